The monoisotopic (exact) mass is 191 g/mol. The summed E-state index contributed by atoms with van der Waals surface area (Å²) < 4.78 is 23.2. The van der Waals surface area contributed by atoms with Gasteiger partial charge in [0, 0.05) is 0 Å². The van der Waals surface area contributed by atoms with Crippen LogP contribution in [0.3, 0.4) is 0 Å². The zero-order valence-corrected chi connectivity index (χ0v) is 8.52. The number of piperidine rings is 1. The van der Waals surface area contributed by atoms with Crippen LogP contribution in [-0.4, -0.2) is 25.6 Å². The highest BCUT2D eigenvalue weighted by Crippen LogP contribution is 2.16. The summed E-state index contributed by atoms with van der Waals surface area (Å²) in [5.74, 6) is 0. The van der Waals surface area contributed by atoms with Gasteiger partial charge in [0.15, 0.2) is 9.84 Å². The average Bonchev–Trinajstić information content (AvgIpc) is 2.06. The summed E-state index contributed by atoms with van der Waals surface area (Å²) in [7, 11) is -2.91. The predicted octanol–water partition coefficient (Wildman–Crippen LogP) is 0.909. The lowest BCUT2D eigenvalue weighted by atomic mass is 10.2. The van der Waals surface area contributed by atoms with Crippen LogP contribution in [0.15, 0.2) is 0 Å². The maximum Gasteiger partial charge on any atom is 0.168 e. The van der Waals surface area contributed by atoms with Crippen molar-refractivity contribution in [2.45, 2.75) is 43.7 Å². The molecule has 1 N–H and O–H groups in total. The summed E-state index contributed by atoms with van der Waals surface area (Å²) >= 11 is 0. The Morgan fingerprint density at radius 2 is 2.00 bits per heavy atom. The molecule has 72 valence electrons. The van der Waals surface area contributed by atoms with Crippen LogP contribution < -0.4 is 5.32 Å². The molecule has 1 rings (SSSR count). The third kappa shape index (κ3) is 1.98. The lowest BCUT2D eigenvalue weighted by molar-refractivity contribution is 0.458. The Bertz CT molecular complexity index is 227. The minimum Gasteiger partial charge on any atom is -0.301 e. The normalized spacial score (nSPS) is 26.1. The molecule has 0 aliphatic carbocycles. The second-order valence-corrected chi connectivity index (χ2v) is 6.27. The molecule has 1 aliphatic heterocycles. The zero-order chi connectivity index (χ0) is 9.19. The van der Waals surface area contributed by atoms with Crippen LogP contribution >= 0.6 is 0 Å². The van der Waals surface area contributed by atoms with Crippen LogP contribution in [-0.2, 0) is 9.84 Å². The fraction of sp³-hybridized carbons (Fsp3) is 1.00. The molecule has 1 aliphatic rings. The first-order chi connectivity index (χ1) is 5.55. The highest BCUT2D eigenvalue weighted by molar-refractivity contribution is 7.92. The molecular weight excluding hydrogens is 174 g/mol. The van der Waals surface area contributed by atoms with Crippen molar-refractivity contribution in [3.05, 3.63) is 0 Å². The van der Waals surface area contributed by atoms with E-state index in [1.54, 1.807) is 13.8 Å². The van der Waals surface area contributed by atoms with Gasteiger partial charge in [0.25, 0.3) is 0 Å². The Morgan fingerprint density at radius 3 is 2.42 bits per heavy atom. The number of sulfone groups is 1. The van der Waals surface area contributed by atoms with E-state index in [0.717, 1.165) is 25.8 Å². The van der Waals surface area contributed by atoms with E-state index < -0.39 is 9.84 Å². The molecule has 0 aromatic rings. The largest absolute Gasteiger partial charge is 0.301 e. The predicted molar refractivity (Wildman–Crippen MR) is 49.7 cm³/mol. The summed E-state index contributed by atoms with van der Waals surface area (Å²) in [6, 6.07) is 0. The van der Waals surface area contributed by atoms with E-state index in [0.29, 0.717) is 0 Å². The molecule has 0 bridgehead atoms. The van der Waals surface area contributed by atoms with Crippen molar-refractivity contribution in [2.75, 3.05) is 6.54 Å². The van der Waals surface area contributed by atoms with Crippen LogP contribution in [0.5, 0.6) is 0 Å². The van der Waals surface area contributed by atoms with E-state index >= 15 is 0 Å². The van der Waals surface area contributed by atoms with Gasteiger partial charge in [0.2, 0.25) is 0 Å². The van der Waals surface area contributed by atoms with Gasteiger partial charge in [0.05, 0.1) is 5.25 Å². The van der Waals surface area contributed by atoms with Gasteiger partial charge in [-0.2, -0.15) is 0 Å². The van der Waals surface area contributed by atoms with E-state index in [1.165, 1.54) is 0 Å². The summed E-state index contributed by atoms with van der Waals surface area (Å²) in [5, 5.41) is 2.51. The van der Waals surface area contributed by atoms with Crippen molar-refractivity contribution >= 4 is 9.84 Å². The Balaban J connectivity index is 2.67. The highest BCUT2D eigenvalue weighted by atomic mass is 32.2. The van der Waals surface area contributed by atoms with Gasteiger partial charge in [-0.25, -0.2) is 8.42 Å². The Labute approximate surface area is 74.5 Å². The summed E-state index contributed by atoms with van der Waals surface area (Å²) in [4.78, 5) is 0. The Hall–Kier alpha value is -0.0900. The van der Waals surface area contributed by atoms with Crippen LogP contribution in [0.2, 0.25) is 0 Å². The second kappa shape index (κ2) is 3.75. The fourth-order valence-corrected chi connectivity index (χ4v) is 2.93. The maximum absolute atomic E-state index is 11.6. The summed E-state index contributed by atoms with van der Waals surface area (Å²) in [5.41, 5.74) is 0. The summed E-state index contributed by atoms with van der Waals surface area (Å²) in [6.07, 6.45) is 2.91. The summed E-state index contributed by atoms with van der Waals surface area (Å²) in [6.45, 7) is 4.33. The van der Waals surface area contributed by atoms with Crippen molar-refractivity contribution in [1.82, 2.24) is 5.32 Å². The lowest BCUT2D eigenvalue weighted by Crippen LogP contribution is -2.43. The molecule has 1 atom stereocenters. The molecule has 0 aromatic carbocycles. The molecule has 0 aromatic heterocycles. The van der Waals surface area contributed by atoms with E-state index in [-0.39, 0.29) is 10.6 Å². The van der Waals surface area contributed by atoms with Gasteiger partial charge in [-0.15, -0.1) is 0 Å². The van der Waals surface area contributed by atoms with Crippen molar-refractivity contribution in [3.63, 3.8) is 0 Å². The van der Waals surface area contributed by atoms with E-state index in [2.05, 4.69) is 5.32 Å². The van der Waals surface area contributed by atoms with Crippen molar-refractivity contribution in [3.8, 4) is 0 Å². The van der Waals surface area contributed by atoms with Crippen LogP contribution in [0.25, 0.3) is 0 Å². The van der Waals surface area contributed by atoms with Crippen molar-refractivity contribution in [2.24, 2.45) is 0 Å². The number of hydrogen-bond acceptors (Lipinski definition) is 3. The zero-order valence-electron chi connectivity index (χ0n) is 7.71. The van der Waals surface area contributed by atoms with E-state index in [4.69, 9.17) is 0 Å². The third-order valence-corrected chi connectivity index (χ3v) is 4.83. The fourth-order valence-electron chi connectivity index (χ4n) is 1.43. The molecule has 0 amide bonds. The average molecular weight is 191 g/mol. The van der Waals surface area contributed by atoms with Gasteiger partial charge in [-0.05, 0) is 39.7 Å². The number of hydrogen-bond donors (Lipinski definition) is 1. The van der Waals surface area contributed by atoms with Crippen molar-refractivity contribution < 1.29 is 8.42 Å². The molecule has 12 heavy (non-hydrogen) atoms. The Kier molecular flexibility index (Phi) is 3.12. The second-order valence-electron chi connectivity index (χ2n) is 3.58. The highest BCUT2D eigenvalue weighted by Gasteiger charge is 2.29. The van der Waals surface area contributed by atoms with Gasteiger partial charge in [0.1, 0.15) is 5.37 Å². The lowest BCUT2D eigenvalue weighted by Gasteiger charge is -2.25. The minimum atomic E-state index is -2.91. The molecule has 4 heteroatoms. The molecule has 1 fully saturated rings. The number of nitrogens with one attached hydrogen (secondary N) is 1. The molecule has 1 saturated heterocycles. The maximum atomic E-state index is 11.6. The van der Waals surface area contributed by atoms with Gasteiger partial charge >= 0.3 is 0 Å². The molecule has 1 heterocycles. The third-order valence-electron chi connectivity index (χ3n) is 2.32. The van der Waals surface area contributed by atoms with Crippen LogP contribution in [0.1, 0.15) is 33.1 Å². The van der Waals surface area contributed by atoms with Gasteiger partial charge in [-0.1, -0.05) is 0 Å². The van der Waals surface area contributed by atoms with Gasteiger partial charge in [-0.3, -0.25) is 0 Å². The minimum absolute atomic E-state index is 0.256. The van der Waals surface area contributed by atoms with E-state index in [1.807, 2.05) is 0 Å². The van der Waals surface area contributed by atoms with Crippen LogP contribution in [0, 0.1) is 0 Å². The van der Waals surface area contributed by atoms with Gasteiger partial charge < -0.3 is 5.32 Å². The Morgan fingerprint density at radius 1 is 1.33 bits per heavy atom. The molecule has 0 saturated carbocycles. The number of rotatable bonds is 2. The van der Waals surface area contributed by atoms with Crippen molar-refractivity contribution in [1.29, 1.82) is 0 Å². The standard InChI is InChI=1S/C8H17NO2S/c1-7(2)12(10,11)8-5-3-4-6-9-8/h7-9H,3-6H2,1-2H3. The first-order valence-corrected chi connectivity index (χ1v) is 6.12. The van der Waals surface area contributed by atoms with Crippen LogP contribution in [0.4, 0.5) is 0 Å². The molecule has 1 unspecified atom stereocenters. The van der Waals surface area contributed by atoms with E-state index in [9.17, 15) is 8.42 Å². The topological polar surface area (TPSA) is 46.2 Å². The first kappa shape index (κ1) is 9.99. The smallest absolute Gasteiger partial charge is 0.168 e. The molecule has 0 spiro atoms. The molecule has 3 nitrogen and oxygen atoms in total. The SMILES string of the molecule is CC(C)S(=O)(=O)C1CCCCN1. The molecule has 0 radical (unpaired) electrons. The first-order valence-electron chi connectivity index (χ1n) is 4.51. The molecular formula is C8H17NO2S. The quantitative estimate of drug-likeness (QED) is 0.705.